The molecule has 1 atom stereocenters. The quantitative estimate of drug-likeness (QED) is 0.185. The number of ether oxygens (including phenoxy) is 3. The Morgan fingerprint density at radius 2 is 2.09 bits per heavy atom. The van der Waals surface area contributed by atoms with Crippen molar-refractivity contribution < 1.29 is 14.2 Å². The first-order valence-corrected chi connectivity index (χ1v) is 11.6. The molecule has 1 unspecified atom stereocenters. The molecule has 8 nitrogen and oxygen atoms in total. The van der Waals surface area contributed by atoms with Gasteiger partial charge in [0.15, 0.2) is 5.96 Å². The molecule has 2 N–H and O–H groups in total. The van der Waals surface area contributed by atoms with Crippen LogP contribution in [-0.2, 0) is 16.0 Å². The fraction of sp³-hybridized carbons (Fsp3) is 0.545. The number of methoxy groups -OCH3 is 1. The molecule has 1 aliphatic rings. The Bertz CT molecular complexity index is 788. The van der Waals surface area contributed by atoms with Crippen molar-refractivity contribution in [2.75, 3.05) is 59.7 Å². The SMILES string of the molecule is CCNC(=NCc1cccnc1OCCOC)NCC(c1cccs1)N1CCOCC1.I. The van der Waals surface area contributed by atoms with Crippen molar-refractivity contribution in [3.05, 3.63) is 46.3 Å². The third-order valence-corrected chi connectivity index (χ3v) is 5.92. The molecule has 0 saturated carbocycles. The third-order valence-electron chi connectivity index (χ3n) is 4.95. The van der Waals surface area contributed by atoms with Gasteiger partial charge in [-0.3, -0.25) is 4.90 Å². The summed E-state index contributed by atoms with van der Waals surface area (Å²) in [6.07, 6.45) is 1.73. The van der Waals surface area contributed by atoms with Gasteiger partial charge in [0.25, 0.3) is 0 Å². The fourth-order valence-electron chi connectivity index (χ4n) is 3.38. The topological polar surface area (TPSA) is 80.2 Å². The van der Waals surface area contributed by atoms with Crippen LogP contribution in [0.4, 0.5) is 0 Å². The van der Waals surface area contributed by atoms with E-state index in [0.717, 1.165) is 50.9 Å². The minimum Gasteiger partial charge on any atom is -0.475 e. The molecule has 1 saturated heterocycles. The van der Waals surface area contributed by atoms with E-state index < -0.39 is 0 Å². The van der Waals surface area contributed by atoms with Crippen molar-refractivity contribution in [3.8, 4) is 5.88 Å². The summed E-state index contributed by atoms with van der Waals surface area (Å²) in [7, 11) is 1.65. The number of thiophene rings is 1. The highest BCUT2D eigenvalue weighted by Crippen LogP contribution is 2.25. The van der Waals surface area contributed by atoms with E-state index in [1.165, 1.54) is 4.88 Å². The second-order valence-corrected chi connectivity index (χ2v) is 8.04. The van der Waals surface area contributed by atoms with E-state index in [2.05, 4.69) is 45.0 Å². The van der Waals surface area contributed by atoms with Gasteiger partial charge in [-0.05, 0) is 24.4 Å². The van der Waals surface area contributed by atoms with E-state index >= 15 is 0 Å². The predicted octanol–water partition coefficient (Wildman–Crippen LogP) is 2.91. The lowest BCUT2D eigenvalue weighted by molar-refractivity contribution is 0.0177. The Balaban J connectivity index is 0.00000363. The van der Waals surface area contributed by atoms with Gasteiger partial charge < -0.3 is 24.8 Å². The van der Waals surface area contributed by atoms with Crippen molar-refractivity contribution in [2.45, 2.75) is 19.5 Å². The molecule has 0 amide bonds. The Hall–Kier alpha value is -1.47. The lowest BCUT2D eigenvalue weighted by atomic mass is 10.2. The van der Waals surface area contributed by atoms with Crippen LogP contribution in [0.15, 0.2) is 40.8 Å². The summed E-state index contributed by atoms with van der Waals surface area (Å²) in [4.78, 5) is 12.9. The van der Waals surface area contributed by atoms with Gasteiger partial charge in [0.2, 0.25) is 5.88 Å². The highest BCUT2D eigenvalue weighted by molar-refractivity contribution is 14.0. The number of guanidine groups is 1. The number of halogens is 1. The largest absolute Gasteiger partial charge is 0.475 e. The summed E-state index contributed by atoms with van der Waals surface area (Å²) in [6, 6.07) is 8.50. The highest BCUT2D eigenvalue weighted by atomic mass is 127. The fourth-order valence-corrected chi connectivity index (χ4v) is 4.24. The number of morpholine rings is 1. The zero-order valence-electron chi connectivity index (χ0n) is 18.8. The summed E-state index contributed by atoms with van der Waals surface area (Å²) in [5, 5.41) is 9.01. The maximum Gasteiger partial charge on any atom is 0.218 e. The van der Waals surface area contributed by atoms with Gasteiger partial charge in [-0.15, -0.1) is 35.3 Å². The van der Waals surface area contributed by atoms with Crippen molar-refractivity contribution in [2.24, 2.45) is 4.99 Å². The van der Waals surface area contributed by atoms with Crippen LogP contribution in [0.3, 0.4) is 0 Å². The average Bonchev–Trinajstić information content (AvgIpc) is 3.34. The number of nitrogens with zero attached hydrogens (tertiary/aromatic N) is 3. The van der Waals surface area contributed by atoms with Crippen molar-refractivity contribution in [1.29, 1.82) is 0 Å². The first kappa shape index (κ1) is 26.8. The molecular formula is C22H34IN5O3S. The molecule has 3 rings (SSSR count). The molecule has 2 aromatic heterocycles. The molecule has 1 fully saturated rings. The average molecular weight is 576 g/mol. The van der Waals surface area contributed by atoms with Crippen LogP contribution in [0, 0.1) is 0 Å². The minimum absolute atomic E-state index is 0. The predicted molar refractivity (Wildman–Crippen MR) is 139 cm³/mol. The Kier molecular flexibility index (Phi) is 12.9. The Labute approximate surface area is 211 Å². The summed E-state index contributed by atoms with van der Waals surface area (Å²) < 4.78 is 16.3. The van der Waals surface area contributed by atoms with Crippen LogP contribution < -0.4 is 15.4 Å². The number of rotatable bonds is 11. The molecule has 178 valence electrons. The first-order chi connectivity index (χ1) is 15.3. The zero-order valence-corrected chi connectivity index (χ0v) is 21.9. The maximum atomic E-state index is 5.73. The third kappa shape index (κ3) is 8.47. The number of nitrogens with one attached hydrogen (secondary N) is 2. The molecule has 1 aliphatic heterocycles. The smallest absolute Gasteiger partial charge is 0.218 e. The molecule has 0 aromatic carbocycles. The molecule has 2 aromatic rings. The Morgan fingerprint density at radius 1 is 1.25 bits per heavy atom. The van der Waals surface area contributed by atoms with Gasteiger partial charge in [0.1, 0.15) is 6.61 Å². The van der Waals surface area contributed by atoms with E-state index in [0.29, 0.717) is 31.7 Å². The van der Waals surface area contributed by atoms with Gasteiger partial charge in [-0.1, -0.05) is 12.1 Å². The van der Waals surface area contributed by atoms with Gasteiger partial charge >= 0.3 is 0 Å². The Morgan fingerprint density at radius 3 is 2.81 bits per heavy atom. The van der Waals surface area contributed by atoms with Crippen LogP contribution in [0.1, 0.15) is 23.4 Å². The number of aromatic nitrogens is 1. The van der Waals surface area contributed by atoms with Crippen molar-refractivity contribution in [3.63, 3.8) is 0 Å². The molecular weight excluding hydrogens is 541 g/mol. The number of hydrogen-bond acceptors (Lipinski definition) is 7. The zero-order chi connectivity index (χ0) is 21.7. The molecule has 0 radical (unpaired) electrons. The van der Waals surface area contributed by atoms with Crippen LogP contribution in [-0.4, -0.2) is 75.6 Å². The van der Waals surface area contributed by atoms with Gasteiger partial charge in [-0.25, -0.2) is 9.98 Å². The van der Waals surface area contributed by atoms with E-state index in [1.807, 2.05) is 12.1 Å². The molecule has 0 bridgehead atoms. The van der Waals surface area contributed by atoms with Gasteiger partial charge in [0, 0.05) is 49.9 Å². The van der Waals surface area contributed by atoms with Crippen LogP contribution >= 0.6 is 35.3 Å². The monoisotopic (exact) mass is 575 g/mol. The summed E-state index contributed by atoms with van der Waals surface area (Å²) >= 11 is 1.79. The number of aliphatic imine (C=N–C) groups is 1. The normalized spacial score (nSPS) is 15.6. The van der Waals surface area contributed by atoms with Crippen molar-refractivity contribution >= 4 is 41.3 Å². The molecule has 32 heavy (non-hydrogen) atoms. The second kappa shape index (κ2) is 15.4. The molecule has 0 aliphatic carbocycles. The van der Waals surface area contributed by atoms with Crippen LogP contribution in [0.25, 0.3) is 0 Å². The minimum atomic E-state index is 0. The lowest BCUT2D eigenvalue weighted by Crippen LogP contribution is -2.46. The first-order valence-electron chi connectivity index (χ1n) is 10.7. The highest BCUT2D eigenvalue weighted by Gasteiger charge is 2.23. The maximum absolute atomic E-state index is 5.73. The van der Waals surface area contributed by atoms with Gasteiger partial charge in [0.05, 0.1) is 32.4 Å². The van der Waals surface area contributed by atoms with E-state index in [-0.39, 0.29) is 24.0 Å². The van der Waals surface area contributed by atoms with E-state index in [4.69, 9.17) is 19.2 Å². The summed E-state index contributed by atoms with van der Waals surface area (Å²) in [6.45, 7) is 8.54. The lowest BCUT2D eigenvalue weighted by Gasteiger charge is -2.34. The molecule has 10 heteroatoms. The summed E-state index contributed by atoms with van der Waals surface area (Å²) in [5.41, 5.74) is 0.943. The van der Waals surface area contributed by atoms with Crippen molar-refractivity contribution in [1.82, 2.24) is 20.5 Å². The van der Waals surface area contributed by atoms with Crippen LogP contribution in [0.5, 0.6) is 5.88 Å². The number of hydrogen-bond donors (Lipinski definition) is 2. The number of pyridine rings is 1. The standard InChI is InChI=1S/C22H33N5O3S.HI/c1-3-23-22(25-16-18-6-4-8-24-21(18)30-14-13-28-2)26-17-19(20-7-5-15-31-20)27-9-11-29-12-10-27;/h4-8,15,19H,3,9-14,16-17H2,1-2H3,(H2,23,25,26);1H. The van der Waals surface area contributed by atoms with Crippen LogP contribution in [0.2, 0.25) is 0 Å². The van der Waals surface area contributed by atoms with E-state index in [9.17, 15) is 0 Å². The summed E-state index contributed by atoms with van der Waals surface area (Å²) in [5.74, 6) is 1.38. The molecule has 0 spiro atoms. The second-order valence-electron chi connectivity index (χ2n) is 7.06. The van der Waals surface area contributed by atoms with Gasteiger partial charge in [-0.2, -0.15) is 0 Å². The molecule has 3 heterocycles. The van der Waals surface area contributed by atoms with E-state index in [1.54, 1.807) is 24.6 Å².